The van der Waals surface area contributed by atoms with Gasteiger partial charge in [0.1, 0.15) is 0 Å². The fraction of sp³-hybridized carbons (Fsp3) is 0.727. The monoisotopic (exact) mass is 274 g/mol. The van der Waals surface area contributed by atoms with Gasteiger partial charge in [-0.3, -0.25) is 5.10 Å². The van der Waals surface area contributed by atoms with Gasteiger partial charge in [-0.1, -0.05) is 6.92 Å². The maximum absolute atomic E-state index is 12.0. The first-order valence-corrected chi connectivity index (χ1v) is 7.72. The van der Waals surface area contributed by atoms with E-state index in [2.05, 4.69) is 20.2 Å². The number of sulfonamides is 1. The van der Waals surface area contributed by atoms with Crippen molar-refractivity contribution in [2.45, 2.75) is 38.5 Å². The molecule has 7 heteroatoms. The number of nitrogens with zero attached hydrogens (tertiary/aromatic N) is 1. The average Bonchev–Trinajstić information content (AvgIpc) is 2.82. The van der Waals surface area contributed by atoms with E-state index in [0.29, 0.717) is 6.54 Å². The Labute approximate surface area is 109 Å². The van der Waals surface area contributed by atoms with Crippen LogP contribution in [0.1, 0.15) is 38.8 Å². The summed E-state index contributed by atoms with van der Waals surface area (Å²) in [6.07, 6.45) is 4.30. The van der Waals surface area contributed by atoms with Gasteiger partial charge in [0, 0.05) is 24.3 Å². The molecule has 0 saturated heterocycles. The normalized spacial score (nSPS) is 15.5. The third-order valence-electron chi connectivity index (χ3n) is 2.75. The Morgan fingerprint density at radius 2 is 2.17 bits per heavy atom. The summed E-state index contributed by atoms with van der Waals surface area (Å²) >= 11 is 0. The zero-order chi connectivity index (χ0) is 13.6. The van der Waals surface area contributed by atoms with Crippen LogP contribution in [0, 0.1) is 0 Å². The molecule has 0 aliphatic carbocycles. The first-order valence-electron chi connectivity index (χ1n) is 6.18. The van der Waals surface area contributed by atoms with E-state index >= 15 is 0 Å². The van der Waals surface area contributed by atoms with Crippen LogP contribution in [-0.4, -0.2) is 37.0 Å². The number of hydrogen-bond acceptors (Lipinski definition) is 4. The number of nitrogens with one attached hydrogen (secondary N) is 3. The summed E-state index contributed by atoms with van der Waals surface area (Å²) in [7, 11) is -3.32. The van der Waals surface area contributed by atoms with Crippen molar-refractivity contribution < 1.29 is 8.42 Å². The lowest BCUT2D eigenvalue weighted by molar-refractivity contribution is 0.544. The first-order chi connectivity index (χ1) is 8.47. The van der Waals surface area contributed by atoms with E-state index in [1.807, 2.05) is 6.92 Å². The minimum absolute atomic E-state index is 0.276. The zero-order valence-electron chi connectivity index (χ0n) is 11.1. The predicted molar refractivity (Wildman–Crippen MR) is 71.7 cm³/mol. The Bertz CT molecular complexity index is 430. The van der Waals surface area contributed by atoms with Crippen LogP contribution in [-0.2, 0) is 10.0 Å². The molecule has 18 heavy (non-hydrogen) atoms. The van der Waals surface area contributed by atoms with E-state index in [1.165, 1.54) is 0 Å². The van der Waals surface area contributed by atoms with Gasteiger partial charge in [-0.15, -0.1) is 0 Å². The van der Waals surface area contributed by atoms with Crippen molar-refractivity contribution >= 4 is 10.0 Å². The summed E-state index contributed by atoms with van der Waals surface area (Å²) < 4.78 is 26.8. The second kappa shape index (κ2) is 6.86. The molecule has 0 aliphatic rings. The molecule has 1 aromatic heterocycles. The molecule has 0 amide bonds. The van der Waals surface area contributed by atoms with Crippen LogP contribution in [0.25, 0.3) is 0 Å². The van der Waals surface area contributed by atoms with Gasteiger partial charge < -0.3 is 5.32 Å². The molecule has 0 radical (unpaired) electrons. The van der Waals surface area contributed by atoms with Crippen LogP contribution in [0.5, 0.6) is 0 Å². The van der Waals surface area contributed by atoms with Crippen LogP contribution >= 0.6 is 0 Å². The smallest absolute Gasteiger partial charge is 0.216 e. The number of H-pyrrole nitrogens is 1. The highest BCUT2D eigenvalue weighted by Gasteiger charge is 2.23. The lowest BCUT2D eigenvalue weighted by Crippen LogP contribution is -2.40. The molecule has 0 aliphatic heterocycles. The molecule has 2 unspecified atom stereocenters. The quantitative estimate of drug-likeness (QED) is 0.611. The number of hydrogen-bond donors (Lipinski definition) is 3. The van der Waals surface area contributed by atoms with Crippen molar-refractivity contribution in [2.75, 3.05) is 13.1 Å². The Kier molecular flexibility index (Phi) is 5.77. The highest BCUT2D eigenvalue weighted by Crippen LogP contribution is 2.12. The Hall–Kier alpha value is -0.920. The van der Waals surface area contributed by atoms with Gasteiger partial charge in [0.2, 0.25) is 10.0 Å². The third-order valence-corrected chi connectivity index (χ3v) is 4.66. The SMILES string of the molecule is CCCNCC(C)S(=O)(=O)NC(C)c1cn[nH]c1. The zero-order valence-corrected chi connectivity index (χ0v) is 11.9. The molecular formula is C11H22N4O2S. The summed E-state index contributed by atoms with van der Waals surface area (Å²) in [6, 6.07) is -0.276. The van der Waals surface area contributed by atoms with Gasteiger partial charge in [-0.05, 0) is 26.8 Å². The molecule has 1 aromatic rings. The molecule has 2 atom stereocenters. The van der Waals surface area contributed by atoms with E-state index in [-0.39, 0.29) is 6.04 Å². The van der Waals surface area contributed by atoms with E-state index in [1.54, 1.807) is 26.2 Å². The van der Waals surface area contributed by atoms with Gasteiger partial charge in [-0.2, -0.15) is 5.10 Å². The standard InChI is InChI=1S/C11H22N4O2S/c1-4-5-12-6-9(2)18(16,17)15-10(3)11-7-13-14-8-11/h7-10,12,15H,4-6H2,1-3H3,(H,13,14). The van der Waals surface area contributed by atoms with Crippen molar-refractivity contribution in [3.05, 3.63) is 18.0 Å². The minimum atomic E-state index is -3.32. The fourth-order valence-electron chi connectivity index (χ4n) is 1.52. The van der Waals surface area contributed by atoms with Crippen molar-refractivity contribution in [2.24, 2.45) is 0 Å². The number of rotatable bonds is 8. The molecule has 0 saturated carbocycles. The summed E-state index contributed by atoms with van der Waals surface area (Å²) in [5.74, 6) is 0. The van der Waals surface area contributed by atoms with Gasteiger partial charge in [0.05, 0.1) is 11.4 Å². The molecule has 0 fully saturated rings. The van der Waals surface area contributed by atoms with Crippen LogP contribution in [0.4, 0.5) is 0 Å². The Morgan fingerprint density at radius 3 is 2.72 bits per heavy atom. The van der Waals surface area contributed by atoms with Crippen LogP contribution in [0.3, 0.4) is 0 Å². The molecule has 1 heterocycles. The average molecular weight is 274 g/mol. The van der Waals surface area contributed by atoms with Gasteiger partial charge in [0.25, 0.3) is 0 Å². The van der Waals surface area contributed by atoms with Crippen molar-refractivity contribution in [3.8, 4) is 0 Å². The van der Waals surface area contributed by atoms with Crippen molar-refractivity contribution in [1.29, 1.82) is 0 Å². The first kappa shape index (κ1) is 15.1. The van der Waals surface area contributed by atoms with Gasteiger partial charge >= 0.3 is 0 Å². The van der Waals surface area contributed by atoms with E-state index in [4.69, 9.17) is 0 Å². The molecule has 104 valence electrons. The molecule has 6 nitrogen and oxygen atoms in total. The Morgan fingerprint density at radius 1 is 1.44 bits per heavy atom. The molecule has 3 N–H and O–H groups in total. The van der Waals surface area contributed by atoms with E-state index in [9.17, 15) is 8.42 Å². The minimum Gasteiger partial charge on any atom is -0.315 e. The number of aromatic nitrogens is 2. The summed E-state index contributed by atoms with van der Waals surface area (Å²) in [5, 5.41) is 9.13. The predicted octanol–water partition coefficient (Wildman–Crippen LogP) is 0.778. The fourth-order valence-corrected chi connectivity index (χ4v) is 2.72. The van der Waals surface area contributed by atoms with E-state index in [0.717, 1.165) is 18.5 Å². The van der Waals surface area contributed by atoms with Crippen LogP contribution in [0.2, 0.25) is 0 Å². The van der Waals surface area contributed by atoms with Crippen molar-refractivity contribution in [1.82, 2.24) is 20.2 Å². The highest BCUT2D eigenvalue weighted by molar-refractivity contribution is 7.90. The van der Waals surface area contributed by atoms with Crippen LogP contribution in [0.15, 0.2) is 12.4 Å². The second-order valence-corrected chi connectivity index (χ2v) is 6.56. The summed E-state index contributed by atoms with van der Waals surface area (Å²) in [6.45, 7) is 6.84. The van der Waals surface area contributed by atoms with E-state index < -0.39 is 15.3 Å². The van der Waals surface area contributed by atoms with Gasteiger partial charge in [0.15, 0.2) is 0 Å². The molecule has 0 aromatic carbocycles. The molecule has 0 bridgehead atoms. The van der Waals surface area contributed by atoms with Gasteiger partial charge in [-0.25, -0.2) is 13.1 Å². The molecule has 1 rings (SSSR count). The topological polar surface area (TPSA) is 86.9 Å². The lowest BCUT2D eigenvalue weighted by Gasteiger charge is -2.18. The lowest BCUT2D eigenvalue weighted by atomic mass is 10.2. The maximum atomic E-state index is 12.0. The summed E-state index contributed by atoms with van der Waals surface area (Å²) in [5.41, 5.74) is 0.826. The molecule has 0 spiro atoms. The van der Waals surface area contributed by atoms with Crippen LogP contribution < -0.4 is 10.0 Å². The van der Waals surface area contributed by atoms with Crippen molar-refractivity contribution in [3.63, 3.8) is 0 Å². The Balaban J connectivity index is 2.53. The third kappa shape index (κ3) is 4.40. The second-order valence-electron chi connectivity index (χ2n) is 4.43. The maximum Gasteiger partial charge on any atom is 0.216 e. The highest BCUT2D eigenvalue weighted by atomic mass is 32.2. The summed E-state index contributed by atoms with van der Waals surface area (Å²) in [4.78, 5) is 0. The molecular weight excluding hydrogens is 252 g/mol. The largest absolute Gasteiger partial charge is 0.315 e. The number of aromatic amines is 1.